The summed E-state index contributed by atoms with van der Waals surface area (Å²) < 4.78 is 5.80. The van der Waals surface area contributed by atoms with Crippen LogP contribution in [0.4, 0.5) is 5.69 Å². The predicted molar refractivity (Wildman–Crippen MR) is 86.8 cm³/mol. The van der Waals surface area contributed by atoms with Gasteiger partial charge in [0.25, 0.3) is 0 Å². The second-order valence-corrected chi connectivity index (χ2v) is 4.96. The lowest BCUT2D eigenvalue weighted by atomic mass is 10.2. The van der Waals surface area contributed by atoms with E-state index in [-0.39, 0.29) is 5.91 Å². The van der Waals surface area contributed by atoms with E-state index in [2.05, 4.69) is 10.3 Å². The third kappa shape index (κ3) is 3.23. The van der Waals surface area contributed by atoms with E-state index in [0.717, 1.165) is 16.6 Å². The first kappa shape index (κ1) is 14.1. The number of ether oxygens (including phenoxy) is 1. The molecule has 110 valence electrons. The monoisotopic (exact) mass is 292 g/mol. The van der Waals surface area contributed by atoms with Gasteiger partial charge in [-0.2, -0.15) is 0 Å². The van der Waals surface area contributed by atoms with Crippen LogP contribution in [-0.2, 0) is 11.4 Å². The van der Waals surface area contributed by atoms with Crippen LogP contribution < -0.4 is 10.1 Å². The minimum atomic E-state index is -0.125. The number of fused-ring (bicyclic) bond motifs is 1. The first-order valence-electron chi connectivity index (χ1n) is 7.06. The number of carbonyl (C=O) groups is 1. The molecule has 1 heterocycles. The third-order valence-corrected chi connectivity index (χ3v) is 3.23. The molecule has 1 N–H and O–H groups in total. The maximum atomic E-state index is 11.2. The van der Waals surface area contributed by atoms with Crippen molar-refractivity contribution in [3.63, 3.8) is 0 Å². The lowest BCUT2D eigenvalue weighted by Crippen LogP contribution is -2.08. The maximum absolute atomic E-state index is 11.2. The van der Waals surface area contributed by atoms with Crippen LogP contribution in [0.3, 0.4) is 0 Å². The zero-order chi connectivity index (χ0) is 15.4. The summed E-state index contributed by atoms with van der Waals surface area (Å²) in [5.74, 6) is 0.507. The average molecular weight is 292 g/mol. The van der Waals surface area contributed by atoms with Gasteiger partial charge in [-0.05, 0) is 24.3 Å². The summed E-state index contributed by atoms with van der Waals surface area (Å²) >= 11 is 0. The van der Waals surface area contributed by atoms with Crippen molar-refractivity contribution in [2.45, 2.75) is 13.5 Å². The Morgan fingerprint density at radius 3 is 2.68 bits per heavy atom. The van der Waals surface area contributed by atoms with E-state index in [1.54, 1.807) is 0 Å². The van der Waals surface area contributed by atoms with E-state index in [0.29, 0.717) is 18.0 Å². The number of nitrogens with zero attached hydrogens (tertiary/aromatic N) is 1. The zero-order valence-electron chi connectivity index (χ0n) is 12.2. The second kappa shape index (κ2) is 6.26. The molecule has 0 atom stereocenters. The van der Waals surface area contributed by atoms with Crippen molar-refractivity contribution in [3.05, 3.63) is 66.4 Å². The van der Waals surface area contributed by atoms with Crippen LogP contribution in [0.1, 0.15) is 12.6 Å². The molecule has 1 aromatic heterocycles. The number of nitrogens with one attached hydrogen (secondary N) is 1. The highest BCUT2D eigenvalue weighted by Crippen LogP contribution is 2.24. The fraction of sp³-hybridized carbons (Fsp3) is 0.111. The Hall–Kier alpha value is -2.88. The summed E-state index contributed by atoms with van der Waals surface area (Å²) in [7, 11) is 0. The molecule has 0 fully saturated rings. The van der Waals surface area contributed by atoms with Crippen LogP contribution in [0.15, 0.2) is 60.7 Å². The summed E-state index contributed by atoms with van der Waals surface area (Å²) in [6.07, 6.45) is 0. The predicted octanol–water partition coefficient (Wildman–Crippen LogP) is 3.77. The van der Waals surface area contributed by atoms with E-state index in [4.69, 9.17) is 4.74 Å². The van der Waals surface area contributed by atoms with Crippen LogP contribution in [0.5, 0.6) is 5.75 Å². The standard InChI is InChI=1S/C18H16N2O2/c1-13(21)19-17-8-4-5-9-18(17)22-12-15-11-10-14-6-2-3-7-16(14)20-15/h2-11H,12H2,1H3,(H,19,21). The zero-order valence-corrected chi connectivity index (χ0v) is 12.2. The molecular formula is C18H16N2O2. The minimum Gasteiger partial charge on any atom is -0.485 e. The van der Waals surface area contributed by atoms with Crippen molar-refractivity contribution >= 4 is 22.5 Å². The molecule has 0 radical (unpaired) electrons. The highest BCUT2D eigenvalue weighted by Gasteiger charge is 2.05. The molecule has 3 rings (SSSR count). The number of pyridine rings is 1. The quantitative estimate of drug-likeness (QED) is 0.796. The smallest absolute Gasteiger partial charge is 0.221 e. The number of rotatable bonds is 4. The number of para-hydroxylation sites is 3. The Balaban J connectivity index is 1.77. The summed E-state index contributed by atoms with van der Waals surface area (Å²) in [4.78, 5) is 15.8. The van der Waals surface area contributed by atoms with E-state index in [9.17, 15) is 4.79 Å². The van der Waals surface area contributed by atoms with Crippen LogP contribution in [0, 0.1) is 0 Å². The van der Waals surface area contributed by atoms with Crippen molar-refractivity contribution in [1.82, 2.24) is 4.98 Å². The number of hydrogen-bond donors (Lipinski definition) is 1. The summed E-state index contributed by atoms with van der Waals surface area (Å²) in [5.41, 5.74) is 2.45. The number of carbonyl (C=O) groups excluding carboxylic acids is 1. The molecule has 4 heteroatoms. The molecule has 3 aromatic rings. The Kier molecular flexibility index (Phi) is 4.01. The van der Waals surface area contributed by atoms with E-state index in [1.807, 2.05) is 60.7 Å². The van der Waals surface area contributed by atoms with Gasteiger partial charge in [0, 0.05) is 12.3 Å². The number of anilines is 1. The van der Waals surface area contributed by atoms with Gasteiger partial charge >= 0.3 is 0 Å². The topological polar surface area (TPSA) is 51.2 Å². The van der Waals surface area contributed by atoms with Crippen LogP contribution in [0.25, 0.3) is 10.9 Å². The molecule has 0 aliphatic rings. The van der Waals surface area contributed by atoms with Gasteiger partial charge in [-0.1, -0.05) is 36.4 Å². The minimum absolute atomic E-state index is 0.125. The summed E-state index contributed by atoms with van der Waals surface area (Å²) in [6.45, 7) is 1.82. The van der Waals surface area contributed by atoms with Crippen molar-refractivity contribution in [2.24, 2.45) is 0 Å². The molecule has 1 amide bonds. The molecule has 2 aromatic carbocycles. The Labute approximate surface area is 128 Å². The molecule has 0 bridgehead atoms. The van der Waals surface area contributed by atoms with Gasteiger partial charge in [-0.25, -0.2) is 4.98 Å². The van der Waals surface area contributed by atoms with Gasteiger partial charge in [-0.3, -0.25) is 4.79 Å². The van der Waals surface area contributed by atoms with Crippen molar-refractivity contribution in [1.29, 1.82) is 0 Å². The van der Waals surface area contributed by atoms with Gasteiger partial charge < -0.3 is 10.1 Å². The lowest BCUT2D eigenvalue weighted by molar-refractivity contribution is -0.114. The van der Waals surface area contributed by atoms with E-state index >= 15 is 0 Å². The van der Waals surface area contributed by atoms with Crippen molar-refractivity contribution < 1.29 is 9.53 Å². The molecule has 0 saturated carbocycles. The number of aromatic nitrogens is 1. The molecule has 22 heavy (non-hydrogen) atoms. The SMILES string of the molecule is CC(=O)Nc1ccccc1OCc1ccc2ccccc2n1. The molecule has 0 unspecified atom stereocenters. The lowest BCUT2D eigenvalue weighted by Gasteiger charge is -2.11. The maximum Gasteiger partial charge on any atom is 0.221 e. The van der Waals surface area contributed by atoms with Gasteiger partial charge in [-0.15, -0.1) is 0 Å². The third-order valence-electron chi connectivity index (χ3n) is 3.23. The van der Waals surface area contributed by atoms with Crippen molar-refractivity contribution in [2.75, 3.05) is 5.32 Å². The Morgan fingerprint density at radius 1 is 1.05 bits per heavy atom. The Morgan fingerprint density at radius 2 is 1.82 bits per heavy atom. The largest absolute Gasteiger partial charge is 0.485 e. The van der Waals surface area contributed by atoms with Crippen molar-refractivity contribution in [3.8, 4) is 5.75 Å². The van der Waals surface area contributed by atoms with Crippen LogP contribution >= 0.6 is 0 Å². The van der Waals surface area contributed by atoms with Crippen LogP contribution in [-0.4, -0.2) is 10.9 Å². The van der Waals surface area contributed by atoms with Gasteiger partial charge in [0.05, 0.1) is 16.9 Å². The first-order chi connectivity index (χ1) is 10.7. The number of hydrogen-bond acceptors (Lipinski definition) is 3. The molecule has 0 aliphatic carbocycles. The van der Waals surface area contributed by atoms with Gasteiger partial charge in [0.1, 0.15) is 12.4 Å². The second-order valence-electron chi connectivity index (χ2n) is 4.96. The van der Waals surface area contributed by atoms with E-state index < -0.39 is 0 Å². The fourth-order valence-electron chi connectivity index (χ4n) is 2.23. The summed E-state index contributed by atoms with van der Waals surface area (Å²) in [6, 6.07) is 19.3. The molecular weight excluding hydrogens is 276 g/mol. The number of benzene rings is 2. The normalized spacial score (nSPS) is 10.4. The summed E-state index contributed by atoms with van der Waals surface area (Å²) in [5, 5.41) is 3.86. The molecule has 0 aliphatic heterocycles. The van der Waals surface area contributed by atoms with Gasteiger partial charge in [0.2, 0.25) is 5.91 Å². The molecule has 0 spiro atoms. The van der Waals surface area contributed by atoms with Crippen LogP contribution in [0.2, 0.25) is 0 Å². The Bertz CT molecular complexity index is 815. The average Bonchev–Trinajstić information content (AvgIpc) is 2.53. The molecule has 0 saturated heterocycles. The number of amides is 1. The highest BCUT2D eigenvalue weighted by atomic mass is 16.5. The van der Waals surface area contributed by atoms with Gasteiger partial charge in [0.15, 0.2) is 0 Å². The van der Waals surface area contributed by atoms with E-state index in [1.165, 1.54) is 6.92 Å². The molecule has 4 nitrogen and oxygen atoms in total. The highest BCUT2D eigenvalue weighted by molar-refractivity contribution is 5.90. The first-order valence-corrected chi connectivity index (χ1v) is 7.06. The fourth-order valence-corrected chi connectivity index (χ4v) is 2.23.